The molecule has 2 aromatic heterocycles. The second kappa shape index (κ2) is 10.3. The van der Waals surface area contributed by atoms with Gasteiger partial charge < -0.3 is 9.32 Å². The molecule has 0 radical (unpaired) electrons. The van der Waals surface area contributed by atoms with Crippen LogP contribution in [0.1, 0.15) is 48.8 Å². The molecule has 0 bridgehead atoms. The first-order valence-electron chi connectivity index (χ1n) is 11.4. The van der Waals surface area contributed by atoms with Crippen molar-refractivity contribution in [3.05, 3.63) is 58.0 Å². The third kappa shape index (κ3) is 5.05. The van der Waals surface area contributed by atoms with E-state index in [-0.39, 0.29) is 5.41 Å². The minimum absolute atomic E-state index is 0.0114. The zero-order chi connectivity index (χ0) is 22.4. The quantitative estimate of drug-likeness (QED) is 0.433. The summed E-state index contributed by atoms with van der Waals surface area (Å²) in [6, 6.07) is 16.6. The first kappa shape index (κ1) is 22.6. The Balaban J connectivity index is 1.26. The number of rotatable bonds is 9. The maximum Gasteiger partial charge on any atom is 0.134 e. The lowest BCUT2D eigenvalue weighted by Crippen LogP contribution is -2.46. The van der Waals surface area contributed by atoms with Crippen molar-refractivity contribution in [2.24, 2.45) is 0 Å². The predicted molar refractivity (Wildman–Crippen MR) is 128 cm³/mol. The molecular formula is C26H30N4OS. The van der Waals surface area contributed by atoms with Gasteiger partial charge in [0, 0.05) is 48.3 Å². The zero-order valence-corrected chi connectivity index (χ0v) is 19.5. The second-order valence-corrected chi connectivity index (χ2v) is 9.69. The van der Waals surface area contributed by atoms with Gasteiger partial charge in [-0.15, -0.1) is 11.3 Å². The van der Waals surface area contributed by atoms with Gasteiger partial charge >= 0.3 is 0 Å². The van der Waals surface area contributed by atoms with Gasteiger partial charge in [-0.1, -0.05) is 13.0 Å². The third-order valence-electron chi connectivity index (χ3n) is 6.81. The first-order valence-corrected chi connectivity index (χ1v) is 12.3. The Morgan fingerprint density at radius 1 is 1.09 bits per heavy atom. The summed E-state index contributed by atoms with van der Waals surface area (Å²) in [6.07, 6.45) is 3.81. The van der Waals surface area contributed by atoms with Crippen LogP contribution in [-0.2, 0) is 12.0 Å². The standard InChI is InChI=1S/C26H30N4OS/c1-2-26(9-10-27,25-5-3-16-32-25)8-4-11-29-12-14-30(15-13-29)20-23-18-22-17-21(19-28)6-7-24(22)31-23/h3,5-7,16-18H,2,4,8-9,11-15,20H2,1H3. The lowest BCUT2D eigenvalue weighted by molar-refractivity contribution is 0.118. The van der Waals surface area contributed by atoms with Gasteiger partial charge in [0.25, 0.3) is 0 Å². The van der Waals surface area contributed by atoms with Crippen molar-refractivity contribution in [1.29, 1.82) is 10.5 Å². The molecule has 1 unspecified atom stereocenters. The molecule has 0 amide bonds. The maximum absolute atomic E-state index is 9.42. The Hall–Kier alpha value is -2.64. The molecule has 1 fully saturated rings. The summed E-state index contributed by atoms with van der Waals surface area (Å²) in [5.74, 6) is 0.962. The highest BCUT2D eigenvalue weighted by Crippen LogP contribution is 2.39. The van der Waals surface area contributed by atoms with Crippen LogP contribution in [0.25, 0.3) is 11.0 Å². The van der Waals surface area contributed by atoms with Crippen LogP contribution >= 0.6 is 11.3 Å². The Labute approximate surface area is 194 Å². The fourth-order valence-corrected chi connectivity index (χ4v) is 5.81. The molecule has 6 heteroatoms. The van der Waals surface area contributed by atoms with Gasteiger partial charge in [0.2, 0.25) is 0 Å². The molecule has 0 N–H and O–H groups in total. The van der Waals surface area contributed by atoms with Gasteiger partial charge in [0.1, 0.15) is 11.3 Å². The molecular weight excluding hydrogens is 416 g/mol. The molecule has 5 nitrogen and oxygen atoms in total. The van der Waals surface area contributed by atoms with Crippen molar-refractivity contribution in [3.8, 4) is 12.1 Å². The highest BCUT2D eigenvalue weighted by atomic mass is 32.1. The topological polar surface area (TPSA) is 67.2 Å². The maximum atomic E-state index is 9.42. The number of benzene rings is 1. The van der Waals surface area contributed by atoms with E-state index in [1.807, 2.05) is 12.1 Å². The molecule has 1 aliphatic rings. The van der Waals surface area contributed by atoms with Crippen molar-refractivity contribution in [3.63, 3.8) is 0 Å². The molecule has 1 saturated heterocycles. The second-order valence-electron chi connectivity index (χ2n) is 8.74. The van der Waals surface area contributed by atoms with Crippen molar-refractivity contribution >= 4 is 22.3 Å². The van der Waals surface area contributed by atoms with E-state index in [1.54, 1.807) is 17.4 Å². The van der Waals surface area contributed by atoms with Crippen LogP contribution in [-0.4, -0.2) is 42.5 Å². The third-order valence-corrected chi connectivity index (χ3v) is 7.92. The van der Waals surface area contributed by atoms with Crippen LogP contribution in [0.2, 0.25) is 0 Å². The number of piperazine rings is 1. The lowest BCUT2D eigenvalue weighted by Gasteiger charge is -2.35. The summed E-state index contributed by atoms with van der Waals surface area (Å²) >= 11 is 1.79. The highest BCUT2D eigenvalue weighted by Gasteiger charge is 2.31. The van der Waals surface area contributed by atoms with E-state index in [2.05, 4.69) is 52.4 Å². The van der Waals surface area contributed by atoms with Crippen LogP contribution in [0.15, 0.2) is 46.2 Å². The van der Waals surface area contributed by atoms with E-state index >= 15 is 0 Å². The average Bonchev–Trinajstić information content (AvgIpc) is 3.49. The molecule has 0 saturated carbocycles. The Morgan fingerprint density at radius 2 is 1.91 bits per heavy atom. The molecule has 32 heavy (non-hydrogen) atoms. The van der Waals surface area contributed by atoms with Crippen molar-refractivity contribution < 1.29 is 4.42 Å². The molecule has 1 aliphatic heterocycles. The number of fused-ring (bicyclic) bond motifs is 1. The summed E-state index contributed by atoms with van der Waals surface area (Å²) in [5, 5.41) is 21.6. The molecule has 166 valence electrons. The van der Waals surface area contributed by atoms with E-state index in [1.165, 1.54) is 4.88 Å². The van der Waals surface area contributed by atoms with Crippen LogP contribution < -0.4 is 0 Å². The summed E-state index contributed by atoms with van der Waals surface area (Å²) in [7, 11) is 0. The zero-order valence-electron chi connectivity index (χ0n) is 18.7. The van der Waals surface area contributed by atoms with E-state index in [9.17, 15) is 5.26 Å². The average molecular weight is 447 g/mol. The van der Waals surface area contributed by atoms with Crippen molar-refractivity contribution in [2.75, 3.05) is 32.7 Å². The van der Waals surface area contributed by atoms with Crippen LogP contribution in [0, 0.1) is 22.7 Å². The van der Waals surface area contributed by atoms with Gasteiger partial charge in [-0.25, -0.2) is 0 Å². The molecule has 3 aromatic rings. The fraction of sp³-hybridized carbons (Fsp3) is 0.462. The Kier molecular flexibility index (Phi) is 7.27. The van der Waals surface area contributed by atoms with Gasteiger partial charge in [0.05, 0.1) is 24.2 Å². The lowest BCUT2D eigenvalue weighted by atomic mass is 9.76. The number of nitriles is 2. The summed E-state index contributed by atoms with van der Waals surface area (Å²) < 4.78 is 5.98. The van der Waals surface area contributed by atoms with Crippen LogP contribution in [0.3, 0.4) is 0 Å². The molecule has 1 aromatic carbocycles. The van der Waals surface area contributed by atoms with Gasteiger partial charge in [-0.2, -0.15) is 10.5 Å². The smallest absolute Gasteiger partial charge is 0.134 e. The Bertz CT molecular complexity index is 1100. The molecule has 4 rings (SSSR count). The van der Waals surface area contributed by atoms with E-state index < -0.39 is 0 Å². The van der Waals surface area contributed by atoms with Gasteiger partial charge in [-0.05, 0) is 61.5 Å². The van der Waals surface area contributed by atoms with Gasteiger partial charge in [-0.3, -0.25) is 4.90 Å². The van der Waals surface area contributed by atoms with Crippen molar-refractivity contribution in [2.45, 2.75) is 44.6 Å². The summed E-state index contributed by atoms with van der Waals surface area (Å²) in [6.45, 7) is 8.31. The number of hydrogen-bond acceptors (Lipinski definition) is 6. The predicted octanol–water partition coefficient (Wildman–Crippen LogP) is 5.53. The van der Waals surface area contributed by atoms with E-state index in [0.717, 1.165) is 75.3 Å². The number of hydrogen-bond donors (Lipinski definition) is 0. The monoisotopic (exact) mass is 446 g/mol. The number of nitrogens with zero attached hydrogens (tertiary/aromatic N) is 4. The molecule has 0 aliphatic carbocycles. The molecule has 1 atom stereocenters. The normalized spacial score (nSPS) is 17.1. The van der Waals surface area contributed by atoms with E-state index in [4.69, 9.17) is 9.68 Å². The fourth-order valence-electron chi connectivity index (χ4n) is 4.78. The van der Waals surface area contributed by atoms with Crippen LogP contribution in [0.5, 0.6) is 0 Å². The Morgan fingerprint density at radius 3 is 2.59 bits per heavy atom. The number of thiophene rings is 1. The summed E-state index contributed by atoms with van der Waals surface area (Å²) in [5.41, 5.74) is 1.52. The largest absolute Gasteiger partial charge is 0.460 e. The van der Waals surface area contributed by atoms with Crippen LogP contribution in [0.4, 0.5) is 0 Å². The number of furan rings is 1. The minimum atomic E-state index is 0.0114. The molecule has 0 spiro atoms. The van der Waals surface area contributed by atoms with E-state index in [0.29, 0.717) is 12.0 Å². The minimum Gasteiger partial charge on any atom is -0.460 e. The molecule has 3 heterocycles. The first-order chi connectivity index (χ1) is 15.7. The SMILES string of the molecule is CCC(CC#N)(CCCN1CCN(Cc2cc3cc(C#N)ccc3o2)CC1)c1cccs1. The van der Waals surface area contributed by atoms with Gasteiger partial charge in [0.15, 0.2) is 0 Å². The van der Waals surface area contributed by atoms with Crippen molar-refractivity contribution in [1.82, 2.24) is 9.80 Å². The highest BCUT2D eigenvalue weighted by molar-refractivity contribution is 7.10. The summed E-state index contributed by atoms with van der Waals surface area (Å²) in [4.78, 5) is 6.35.